The number of esters is 1. The second kappa shape index (κ2) is 8.08. The van der Waals surface area contributed by atoms with Crippen molar-refractivity contribution in [3.8, 4) is 17.2 Å². The van der Waals surface area contributed by atoms with Gasteiger partial charge in [-0.15, -0.1) is 0 Å². The third kappa shape index (κ3) is 4.81. The number of carbonyl (C=O) groups excluding carboxylic acids is 1. The molecule has 0 saturated heterocycles. The van der Waals surface area contributed by atoms with Gasteiger partial charge in [0.15, 0.2) is 0 Å². The number of carbonyl (C=O) groups is 1. The molecule has 4 nitrogen and oxygen atoms in total. The molecule has 0 aliphatic carbocycles. The predicted molar refractivity (Wildman–Crippen MR) is 84.6 cm³/mol. The van der Waals surface area contributed by atoms with Crippen LogP contribution in [0.1, 0.15) is 18.9 Å². The number of hydrogen-bond acceptors (Lipinski definition) is 4. The Kier molecular flexibility index (Phi) is 5.83. The lowest BCUT2D eigenvalue weighted by atomic mass is 10.2. The Morgan fingerprint density at radius 1 is 0.909 bits per heavy atom. The van der Waals surface area contributed by atoms with Crippen molar-refractivity contribution >= 4 is 5.97 Å². The summed E-state index contributed by atoms with van der Waals surface area (Å²) in [5.74, 6) is 1.72. The van der Waals surface area contributed by atoms with Crippen LogP contribution in [0.5, 0.6) is 17.2 Å². The molecule has 0 heterocycles. The molecule has 22 heavy (non-hydrogen) atoms. The fourth-order valence-corrected chi connectivity index (χ4v) is 1.90. The molecule has 4 heteroatoms. The standard InChI is InChI=1S/C18H20O4/c1-3-14-4-6-17(7-5-14)22-18(19)12-13-21-16-10-8-15(20-2)9-11-16/h4-11H,3,12-13H2,1-2H3. The largest absolute Gasteiger partial charge is 0.497 e. The lowest BCUT2D eigenvalue weighted by molar-refractivity contribution is -0.134. The average molecular weight is 300 g/mol. The number of ether oxygens (including phenoxy) is 3. The number of hydrogen-bond donors (Lipinski definition) is 0. The van der Waals surface area contributed by atoms with Crippen LogP contribution in [0.15, 0.2) is 48.5 Å². The molecule has 0 bridgehead atoms. The van der Waals surface area contributed by atoms with Gasteiger partial charge in [-0.25, -0.2) is 0 Å². The number of benzene rings is 2. The lowest BCUT2D eigenvalue weighted by Gasteiger charge is -2.07. The van der Waals surface area contributed by atoms with Gasteiger partial charge in [0, 0.05) is 0 Å². The Bertz CT molecular complexity index is 587. The summed E-state index contributed by atoms with van der Waals surface area (Å²) in [6.45, 7) is 2.36. The van der Waals surface area contributed by atoms with E-state index in [9.17, 15) is 4.79 Å². The Hall–Kier alpha value is -2.49. The Morgan fingerprint density at radius 3 is 2.09 bits per heavy atom. The first-order chi connectivity index (χ1) is 10.7. The van der Waals surface area contributed by atoms with E-state index < -0.39 is 0 Å². The summed E-state index contributed by atoms with van der Waals surface area (Å²) in [4.78, 5) is 11.7. The molecular weight excluding hydrogens is 280 g/mol. The first-order valence-electron chi connectivity index (χ1n) is 7.27. The van der Waals surface area contributed by atoms with Crippen LogP contribution < -0.4 is 14.2 Å². The summed E-state index contributed by atoms with van der Waals surface area (Å²) in [5.41, 5.74) is 1.21. The number of rotatable bonds is 7. The third-order valence-corrected chi connectivity index (χ3v) is 3.20. The molecule has 0 saturated carbocycles. The van der Waals surface area contributed by atoms with E-state index in [0.29, 0.717) is 11.5 Å². The van der Waals surface area contributed by atoms with Crippen molar-refractivity contribution in [2.75, 3.05) is 13.7 Å². The maximum atomic E-state index is 11.7. The topological polar surface area (TPSA) is 44.8 Å². The van der Waals surface area contributed by atoms with Crippen LogP contribution in [0.3, 0.4) is 0 Å². The molecule has 0 fully saturated rings. The van der Waals surface area contributed by atoms with Gasteiger partial charge in [0.25, 0.3) is 0 Å². The highest BCUT2D eigenvalue weighted by molar-refractivity contribution is 5.72. The molecule has 2 aromatic rings. The zero-order valence-electron chi connectivity index (χ0n) is 12.9. The summed E-state index contributed by atoms with van der Waals surface area (Å²) in [7, 11) is 1.61. The van der Waals surface area contributed by atoms with Crippen molar-refractivity contribution in [2.24, 2.45) is 0 Å². The van der Waals surface area contributed by atoms with Gasteiger partial charge in [-0.2, -0.15) is 0 Å². The van der Waals surface area contributed by atoms with Crippen LogP contribution in [0.4, 0.5) is 0 Å². The minimum Gasteiger partial charge on any atom is -0.497 e. The highest BCUT2D eigenvalue weighted by Gasteiger charge is 2.05. The summed E-state index contributed by atoms with van der Waals surface area (Å²) in [5, 5.41) is 0. The minimum absolute atomic E-state index is 0.196. The fourth-order valence-electron chi connectivity index (χ4n) is 1.90. The van der Waals surface area contributed by atoms with Crippen molar-refractivity contribution in [1.82, 2.24) is 0 Å². The summed E-state index contributed by atoms with van der Waals surface area (Å²) in [6.07, 6.45) is 1.16. The molecule has 0 aliphatic heterocycles. The smallest absolute Gasteiger partial charge is 0.314 e. The van der Waals surface area contributed by atoms with Gasteiger partial charge in [-0.05, 0) is 48.4 Å². The summed E-state index contributed by atoms with van der Waals surface area (Å²) < 4.78 is 15.8. The van der Waals surface area contributed by atoms with Gasteiger partial charge in [0.1, 0.15) is 17.2 Å². The lowest BCUT2D eigenvalue weighted by Crippen LogP contribution is -2.12. The fraction of sp³-hybridized carbons (Fsp3) is 0.278. The van der Waals surface area contributed by atoms with Crippen LogP contribution in [0.25, 0.3) is 0 Å². The summed E-state index contributed by atoms with van der Waals surface area (Å²) >= 11 is 0. The van der Waals surface area contributed by atoms with E-state index in [1.807, 2.05) is 24.3 Å². The first-order valence-corrected chi connectivity index (χ1v) is 7.27. The molecule has 0 radical (unpaired) electrons. The van der Waals surface area contributed by atoms with Gasteiger partial charge in [-0.1, -0.05) is 19.1 Å². The number of aryl methyl sites for hydroxylation is 1. The monoisotopic (exact) mass is 300 g/mol. The van der Waals surface area contributed by atoms with E-state index >= 15 is 0 Å². The molecule has 0 unspecified atom stereocenters. The normalized spacial score (nSPS) is 10.1. The summed E-state index contributed by atoms with van der Waals surface area (Å²) in [6, 6.07) is 14.7. The predicted octanol–water partition coefficient (Wildman–Crippen LogP) is 3.63. The molecule has 0 amide bonds. The highest BCUT2D eigenvalue weighted by Crippen LogP contribution is 2.17. The minimum atomic E-state index is -0.308. The number of methoxy groups -OCH3 is 1. The molecule has 0 atom stereocenters. The van der Waals surface area contributed by atoms with Crippen molar-refractivity contribution in [1.29, 1.82) is 0 Å². The quantitative estimate of drug-likeness (QED) is 0.578. The van der Waals surface area contributed by atoms with E-state index in [4.69, 9.17) is 14.2 Å². The molecule has 2 rings (SSSR count). The van der Waals surface area contributed by atoms with Crippen LogP contribution in [0.2, 0.25) is 0 Å². The van der Waals surface area contributed by atoms with Crippen molar-refractivity contribution in [2.45, 2.75) is 19.8 Å². The SMILES string of the molecule is CCc1ccc(OC(=O)CCOc2ccc(OC)cc2)cc1. The molecule has 0 aliphatic rings. The van der Waals surface area contributed by atoms with Crippen LogP contribution >= 0.6 is 0 Å². The molecule has 0 spiro atoms. The van der Waals surface area contributed by atoms with E-state index in [-0.39, 0.29) is 19.0 Å². The first kappa shape index (κ1) is 15.9. The van der Waals surface area contributed by atoms with Gasteiger partial charge in [0.05, 0.1) is 20.1 Å². The molecule has 2 aromatic carbocycles. The zero-order valence-corrected chi connectivity index (χ0v) is 12.9. The van der Waals surface area contributed by atoms with Gasteiger partial charge in [0.2, 0.25) is 0 Å². The van der Waals surface area contributed by atoms with Crippen LogP contribution in [-0.2, 0) is 11.2 Å². The second-order valence-corrected chi connectivity index (χ2v) is 4.75. The van der Waals surface area contributed by atoms with E-state index in [2.05, 4.69) is 6.92 Å². The van der Waals surface area contributed by atoms with Gasteiger partial charge >= 0.3 is 5.97 Å². The third-order valence-electron chi connectivity index (χ3n) is 3.20. The zero-order chi connectivity index (χ0) is 15.8. The van der Waals surface area contributed by atoms with Gasteiger partial charge < -0.3 is 14.2 Å². The highest BCUT2D eigenvalue weighted by atomic mass is 16.5. The average Bonchev–Trinajstić information content (AvgIpc) is 2.56. The van der Waals surface area contributed by atoms with E-state index in [1.54, 1.807) is 31.4 Å². The maximum absolute atomic E-state index is 11.7. The second-order valence-electron chi connectivity index (χ2n) is 4.75. The van der Waals surface area contributed by atoms with E-state index in [0.717, 1.165) is 12.2 Å². The molecule has 116 valence electrons. The Labute approximate surface area is 130 Å². The Balaban J connectivity index is 1.74. The van der Waals surface area contributed by atoms with Crippen molar-refractivity contribution in [3.05, 3.63) is 54.1 Å². The van der Waals surface area contributed by atoms with E-state index in [1.165, 1.54) is 5.56 Å². The molecule has 0 aromatic heterocycles. The van der Waals surface area contributed by atoms with Gasteiger partial charge in [-0.3, -0.25) is 4.79 Å². The Morgan fingerprint density at radius 2 is 1.50 bits per heavy atom. The van der Waals surface area contributed by atoms with Crippen molar-refractivity contribution in [3.63, 3.8) is 0 Å². The maximum Gasteiger partial charge on any atom is 0.314 e. The molecular formula is C18H20O4. The van der Waals surface area contributed by atoms with Crippen molar-refractivity contribution < 1.29 is 19.0 Å². The van der Waals surface area contributed by atoms with Crippen LogP contribution in [-0.4, -0.2) is 19.7 Å². The van der Waals surface area contributed by atoms with Crippen LogP contribution in [0, 0.1) is 0 Å². The molecule has 0 N–H and O–H groups in total.